The number of hydrogen-bond donors (Lipinski definition) is 1. The zero-order chi connectivity index (χ0) is 13.0. The Hall–Kier alpha value is -1.59. The van der Waals surface area contributed by atoms with E-state index in [2.05, 4.69) is 20.3 Å². The lowest BCUT2D eigenvalue weighted by atomic mass is 10.3. The van der Waals surface area contributed by atoms with Crippen molar-refractivity contribution in [3.05, 3.63) is 34.6 Å². The van der Waals surface area contributed by atoms with E-state index in [1.807, 2.05) is 6.92 Å². The van der Waals surface area contributed by atoms with Crippen molar-refractivity contribution in [2.75, 3.05) is 11.9 Å². The molecule has 0 spiro atoms. The van der Waals surface area contributed by atoms with Crippen molar-refractivity contribution in [2.24, 2.45) is 0 Å². The maximum atomic E-state index is 5.97. The van der Waals surface area contributed by atoms with Crippen LogP contribution in [-0.4, -0.2) is 21.5 Å². The monoisotopic (exact) mass is 284 g/mol. The van der Waals surface area contributed by atoms with Gasteiger partial charge in [0, 0.05) is 6.54 Å². The van der Waals surface area contributed by atoms with Crippen LogP contribution in [0.2, 0.25) is 10.3 Å². The number of rotatable bonds is 4. The van der Waals surface area contributed by atoms with Crippen LogP contribution in [0, 0.1) is 0 Å². The molecule has 1 N–H and O–H groups in total. The number of hydrogen-bond acceptors (Lipinski definition) is 5. The molecule has 0 saturated heterocycles. The van der Waals surface area contributed by atoms with E-state index in [0.717, 1.165) is 0 Å². The van der Waals surface area contributed by atoms with Crippen LogP contribution in [0.1, 0.15) is 6.92 Å². The highest BCUT2D eigenvalue weighted by atomic mass is 35.5. The Morgan fingerprint density at radius 1 is 1.17 bits per heavy atom. The fourth-order valence-corrected chi connectivity index (χ4v) is 1.57. The molecule has 0 bridgehead atoms. The third-order valence-electron chi connectivity index (χ3n) is 1.96. The van der Waals surface area contributed by atoms with Gasteiger partial charge >= 0.3 is 6.01 Å². The summed E-state index contributed by atoms with van der Waals surface area (Å²) in [5.74, 6) is 0.823. The van der Waals surface area contributed by atoms with Gasteiger partial charge in [0.05, 0.1) is 5.02 Å². The Bertz CT molecular complexity index is 550. The van der Waals surface area contributed by atoms with Gasteiger partial charge in [0.1, 0.15) is 5.75 Å². The lowest BCUT2D eigenvalue weighted by Gasteiger charge is -2.07. The molecule has 18 heavy (non-hydrogen) atoms. The molecule has 2 rings (SSSR count). The molecule has 0 atom stereocenters. The SMILES string of the molecule is CCNc1nc(Cl)nc(Oc2ccccc2Cl)n1. The molecule has 0 saturated carbocycles. The van der Waals surface area contributed by atoms with Crippen molar-refractivity contribution in [3.8, 4) is 11.8 Å². The van der Waals surface area contributed by atoms with E-state index in [1.54, 1.807) is 24.3 Å². The molecule has 0 radical (unpaired) electrons. The topological polar surface area (TPSA) is 59.9 Å². The average molecular weight is 285 g/mol. The smallest absolute Gasteiger partial charge is 0.328 e. The summed E-state index contributed by atoms with van der Waals surface area (Å²) in [6.07, 6.45) is 0. The number of anilines is 1. The highest BCUT2D eigenvalue weighted by Crippen LogP contribution is 2.27. The highest BCUT2D eigenvalue weighted by Gasteiger charge is 2.08. The minimum absolute atomic E-state index is 0.0583. The summed E-state index contributed by atoms with van der Waals surface area (Å²) >= 11 is 11.7. The number of halogens is 2. The summed E-state index contributed by atoms with van der Waals surface area (Å²) < 4.78 is 5.46. The third kappa shape index (κ3) is 3.21. The van der Waals surface area contributed by atoms with Crippen molar-refractivity contribution < 1.29 is 4.74 Å². The van der Waals surface area contributed by atoms with E-state index in [0.29, 0.717) is 23.3 Å². The molecular formula is C11H10Cl2N4O. The molecule has 0 aliphatic carbocycles. The van der Waals surface area contributed by atoms with Gasteiger partial charge in [0.2, 0.25) is 11.2 Å². The summed E-state index contributed by atoms with van der Waals surface area (Å²) in [5.41, 5.74) is 0. The van der Waals surface area contributed by atoms with Gasteiger partial charge in [0.15, 0.2) is 0 Å². The first-order valence-electron chi connectivity index (χ1n) is 5.27. The summed E-state index contributed by atoms with van der Waals surface area (Å²) in [4.78, 5) is 11.8. The average Bonchev–Trinajstić information content (AvgIpc) is 2.32. The molecule has 0 fully saturated rings. The second-order valence-electron chi connectivity index (χ2n) is 3.27. The van der Waals surface area contributed by atoms with Gasteiger partial charge in [-0.3, -0.25) is 0 Å². The van der Waals surface area contributed by atoms with Crippen molar-refractivity contribution in [1.29, 1.82) is 0 Å². The Morgan fingerprint density at radius 2 is 1.94 bits per heavy atom. The van der Waals surface area contributed by atoms with Crippen LogP contribution in [0.3, 0.4) is 0 Å². The normalized spacial score (nSPS) is 10.2. The van der Waals surface area contributed by atoms with E-state index < -0.39 is 0 Å². The van der Waals surface area contributed by atoms with E-state index in [9.17, 15) is 0 Å². The van der Waals surface area contributed by atoms with E-state index in [1.165, 1.54) is 0 Å². The molecule has 0 amide bonds. The van der Waals surface area contributed by atoms with Crippen LogP contribution in [0.5, 0.6) is 11.8 Å². The van der Waals surface area contributed by atoms with Gasteiger partial charge in [-0.1, -0.05) is 23.7 Å². The largest absolute Gasteiger partial charge is 0.423 e. The fraction of sp³-hybridized carbons (Fsp3) is 0.182. The van der Waals surface area contributed by atoms with Crippen LogP contribution in [0.4, 0.5) is 5.95 Å². The molecule has 1 aromatic carbocycles. The quantitative estimate of drug-likeness (QED) is 0.932. The van der Waals surface area contributed by atoms with Gasteiger partial charge < -0.3 is 10.1 Å². The summed E-state index contributed by atoms with van der Waals surface area (Å²) in [6.45, 7) is 2.60. The molecular weight excluding hydrogens is 275 g/mol. The number of aromatic nitrogens is 3. The van der Waals surface area contributed by atoms with E-state index >= 15 is 0 Å². The first-order valence-corrected chi connectivity index (χ1v) is 6.02. The van der Waals surface area contributed by atoms with Crippen LogP contribution >= 0.6 is 23.2 Å². The maximum absolute atomic E-state index is 5.97. The summed E-state index contributed by atoms with van der Waals surface area (Å²) in [5, 5.41) is 3.46. The molecule has 0 aliphatic rings. The standard InChI is InChI=1S/C11H10Cl2N4O/c1-2-14-10-15-9(13)16-11(17-10)18-8-6-4-3-5-7(8)12/h3-6H,2H2,1H3,(H,14,15,16,17). The van der Waals surface area contributed by atoms with Gasteiger partial charge in [-0.2, -0.15) is 15.0 Å². The predicted octanol–water partition coefficient (Wildman–Crippen LogP) is 3.40. The highest BCUT2D eigenvalue weighted by molar-refractivity contribution is 6.32. The van der Waals surface area contributed by atoms with Crippen molar-refractivity contribution in [1.82, 2.24) is 15.0 Å². The lowest BCUT2D eigenvalue weighted by molar-refractivity contribution is 0.440. The number of nitrogens with zero attached hydrogens (tertiary/aromatic N) is 3. The fourth-order valence-electron chi connectivity index (χ4n) is 1.24. The van der Waals surface area contributed by atoms with Gasteiger partial charge in [0.25, 0.3) is 0 Å². The summed E-state index contributed by atoms with van der Waals surface area (Å²) in [7, 11) is 0. The molecule has 1 aromatic heterocycles. The first-order chi connectivity index (χ1) is 8.69. The lowest BCUT2D eigenvalue weighted by Crippen LogP contribution is -2.04. The minimum Gasteiger partial charge on any atom is -0.423 e. The summed E-state index contributed by atoms with van der Waals surface area (Å²) in [6, 6.07) is 7.13. The van der Waals surface area contributed by atoms with Crippen LogP contribution in [0.25, 0.3) is 0 Å². The van der Waals surface area contributed by atoms with Crippen LogP contribution in [0.15, 0.2) is 24.3 Å². The minimum atomic E-state index is 0.0583. The Balaban J connectivity index is 2.26. The Kier molecular flexibility index (Phi) is 4.17. The van der Waals surface area contributed by atoms with Gasteiger partial charge in [-0.05, 0) is 30.7 Å². The Morgan fingerprint density at radius 3 is 2.67 bits per heavy atom. The van der Waals surface area contributed by atoms with Crippen molar-refractivity contribution in [2.45, 2.75) is 6.92 Å². The predicted molar refractivity (Wildman–Crippen MR) is 70.5 cm³/mol. The number of para-hydroxylation sites is 1. The van der Waals surface area contributed by atoms with E-state index in [-0.39, 0.29) is 11.3 Å². The molecule has 94 valence electrons. The third-order valence-corrected chi connectivity index (χ3v) is 2.44. The van der Waals surface area contributed by atoms with Crippen LogP contribution in [-0.2, 0) is 0 Å². The molecule has 5 nitrogen and oxygen atoms in total. The number of nitrogens with one attached hydrogen (secondary N) is 1. The van der Waals surface area contributed by atoms with Crippen molar-refractivity contribution >= 4 is 29.2 Å². The van der Waals surface area contributed by atoms with Crippen molar-refractivity contribution in [3.63, 3.8) is 0 Å². The second-order valence-corrected chi connectivity index (χ2v) is 4.02. The zero-order valence-corrected chi connectivity index (χ0v) is 11.0. The second kappa shape index (κ2) is 5.84. The number of benzene rings is 1. The van der Waals surface area contributed by atoms with Crippen LogP contribution < -0.4 is 10.1 Å². The van der Waals surface area contributed by atoms with Gasteiger partial charge in [-0.25, -0.2) is 0 Å². The molecule has 0 unspecified atom stereocenters. The molecule has 2 aromatic rings. The zero-order valence-electron chi connectivity index (χ0n) is 9.52. The number of ether oxygens (including phenoxy) is 1. The molecule has 7 heteroatoms. The first kappa shape index (κ1) is 12.9. The molecule has 0 aliphatic heterocycles. The van der Waals surface area contributed by atoms with E-state index in [4.69, 9.17) is 27.9 Å². The molecule has 1 heterocycles. The maximum Gasteiger partial charge on any atom is 0.328 e. The Labute approximate surface area is 114 Å². The van der Waals surface area contributed by atoms with Gasteiger partial charge in [-0.15, -0.1) is 0 Å².